The van der Waals surface area contributed by atoms with Crippen LogP contribution in [0.2, 0.25) is 0 Å². The van der Waals surface area contributed by atoms with E-state index in [0.717, 1.165) is 12.2 Å². The van der Waals surface area contributed by atoms with Crippen LogP contribution in [0.25, 0.3) is 0 Å². The normalized spacial score (nSPS) is 23.2. The van der Waals surface area contributed by atoms with Gasteiger partial charge in [0.1, 0.15) is 17.1 Å². The van der Waals surface area contributed by atoms with Gasteiger partial charge >= 0.3 is 0 Å². The lowest BCUT2D eigenvalue weighted by molar-refractivity contribution is 0.0583. The molecule has 0 amide bonds. The lowest BCUT2D eigenvalue weighted by Gasteiger charge is -2.44. The molecule has 0 radical (unpaired) electrons. The quantitative estimate of drug-likeness (QED) is 0.830. The van der Waals surface area contributed by atoms with Gasteiger partial charge in [-0.15, -0.1) is 0 Å². The summed E-state index contributed by atoms with van der Waals surface area (Å²) in [5, 5.41) is 9.55. The minimum Gasteiger partial charge on any atom is -0.508 e. The lowest BCUT2D eigenvalue weighted by atomic mass is 9.68. The van der Waals surface area contributed by atoms with E-state index in [1.54, 1.807) is 12.1 Å². The second-order valence-electron chi connectivity index (χ2n) is 6.92. The zero-order chi connectivity index (χ0) is 15.3. The van der Waals surface area contributed by atoms with Crippen LogP contribution in [0.5, 0.6) is 11.5 Å². The van der Waals surface area contributed by atoms with Gasteiger partial charge < -0.3 is 9.84 Å². The molecule has 0 bridgehead atoms. The molecule has 0 saturated heterocycles. The van der Waals surface area contributed by atoms with Crippen LogP contribution in [0.4, 0.5) is 0 Å². The number of phenolic OH excluding ortho intramolecular Hbond substituents is 1. The van der Waals surface area contributed by atoms with Crippen molar-refractivity contribution >= 4 is 0 Å². The molecule has 0 fully saturated rings. The van der Waals surface area contributed by atoms with Crippen molar-refractivity contribution in [1.82, 2.24) is 0 Å². The summed E-state index contributed by atoms with van der Waals surface area (Å²) in [7, 11) is 0. The first-order valence-electron chi connectivity index (χ1n) is 7.40. The molecule has 21 heavy (non-hydrogen) atoms. The molecule has 1 N–H and O–H groups in total. The van der Waals surface area contributed by atoms with Gasteiger partial charge in [0.25, 0.3) is 0 Å². The van der Waals surface area contributed by atoms with E-state index in [1.807, 2.05) is 12.1 Å². The van der Waals surface area contributed by atoms with Crippen LogP contribution in [0.1, 0.15) is 43.9 Å². The first-order valence-corrected chi connectivity index (χ1v) is 7.40. The number of ether oxygens (including phenoxy) is 1. The van der Waals surface area contributed by atoms with E-state index < -0.39 is 0 Å². The number of phenols is 1. The topological polar surface area (TPSA) is 29.5 Å². The second-order valence-corrected chi connectivity index (χ2v) is 6.92. The number of hydrogen-bond donors (Lipinski definition) is 1. The third kappa shape index (κ3) is 2.39. The molecular weight excluding hydrogens is 260 g/mol. The molecule has 2 aromatic rings. The Morgan fingerprint density at radius 3 is 2.33 bits per heavy atom. The van der Waals surface area contributed by atoms with Crippen LogP contribution in [-0.4, -0.2) is 10.7 Å². The van der Waals surface area contributed by atoms with E-state index >= 15 is 0 Å². The van der Waals surface area contributed by atoms with Gasteiger partial charge in [-0.25, -0.2) is 0 Å². The van der Waals surface area contributed by atoms with Gasteiger partial charge in [-0.05, 0) is 50.1 Å². The van der Waals surface area contributed by atoms with Crippen molar-refractivity contribution in [2.75, 3.05) is 0 Å². The van der Waals surface area contributed by atoms with E-state index in [0.29, 0.717) is 5.75 Å². The van der Waals surface area contributed by atoms with Gasteiger partial charge in [-0.3, -0.25) is 0 Å². The molecule has 110 valence electrons. The van der Waals surface area contributed by atoms with Gasteiger partial charge in [0, 0.05) is 17.4 Å². The molecule has 1 atom stereocenters. The highest BCUT2D eigenvalue weighted by molar-refractivity contribution is 5.51. The fourth-order valence-electron chi connectivity index (χ4n) is 3.54. The summed E-state index contributed by atoms with van der Waals surface area (Å²) in [5.74, 6) is 1.28. The zero-order valence-electron chi connectivity index (χ0n) is 13.1. The van der Waals surface area contributed by atoms with Gasteiger partial charge in [0.2, 0.25) is 0 Å². The first kappa shape index (κ1) is 14.0. The molecule has 0 spiro atoms. The Labute approximate surface area is 126 Å². The van der Waals surface area contributed by atoms with E-state index in [2.05, 4.69) is 45.9 Å². The monoisotopic (exact) mass is 282 g/mol. The Bertz CT molecular complexity index is 670. The minimum absolute atomic E-state index is 0.113. The van der Waals surface area contributed by atoms with Crippen LogP contribution in [0.3, 0.4) is 0 Å². The smallest absolute Gasteiger partial charge is 0.124 e. The average Bonchev–Trinajstić information content (AvgIpc) is 2.37. The molecule has 0 saturated carbocycles. The summed E-state index contributed by atoms with van der Waals surface area (Å²) >= 11 is 0. The maximum atomic E-state index is 9.55. The minimum atomic E-state index is -0.215. The van der Waals surface area contributed by atoms with Gasteiger partial charge in [-0.2, -0.15) is 0 Å². The second kappa shape index (κ2) is 4.52. The zero-order valence-corrected chi connectivity index (χ0v) is 13.1. The molecule has 3 rings (SSSR count). The van der Waals surface area contributed by atoms with Crippen molar-refractivity contribution in [2.24, 2.45) is 0 Å². The third-order valence-corrected chi connectivity index (χ3v) is 4.40. The predicted molar refractivity (Wildman–Crippen MR) is 85.1 cm³/mol. The Hall–Kier alpha value is -1.96. The van der Waals surface area contributed by atoms with Crippen molar-refractivity contribution in [2.45, 2.75) is 45.1 Å². The van der Waals surface area contributed by atoms with Crippen molar-refractivity contribution in [3.63, 3.8) is 0 Å². The largest absolute Gasteiger partial charge is 0.508 e. The molecule has 0 aromatic heterocycles. The maximum Gasteiger partial charge on any atom is 0.124 e. The van der Waals surface area contributed by atoms with Crippen LogP contribution < -0.4 is 4.74 Å². The molecular formula is C19H22O2. The van der Waals surface area contributed by atoms with E-state index in [4.69, 9.17) is 4.74 Å². The Balaban J connectivity index is 2.19. The van der Waals surface area contributed by atoms with E-state index in [9.17, 15) is 5.11 Å². The summed E-state index contributed by atoms with van der Waals surface area (Å²) in [6.45, 7) is 8.62. The number of benzene rings is 2. The number of rotatable bonds is 1. The molecule has 2 aromatic carbocycles. The van der Waals surface area contributed by atoms with Crippen LogP contribution in [-0.2, 0) is 5.41 Å². The number of aryl methyl sites for hydroxylation is 1. The summed E-state index contributed by atoms with van der Waals surface area (Å²) in [4.78, 5) is 0. The lowest BCUT2D eigenvalue weighted by Crippen LogP contribution is -2.43. The first-order chi connectivity index (χ1) is 9.80. The average molecular weight is 282 g/mol. The fourth-order valence-corrected chi connectivity index (χ4v) is 3.54. The van der Waals surface area contributed by atoms with Crippen molar-refractivity contribution in [3.05, 3.63) is 59.2 Å². The fraction of sp³-hybridized carbons (Fsp3) is 0.368. The van der Waals surface area contributed by atoms with E-state index in [1.165, 1.54) is 16.7 Å². The molecule has 1 heterocycles. The number of fused-ring (bicyclic) bond motifs is 1. The van der Waals surface area contributed by atoms with Crippen molar-refractivity contribution < 1.29 is 9.84 Å². The highest BCUT2D eigenvalue weighted by Gasteiger charge is 2.43. The summed E-state index contributed by atoms with van der Waals surface area (Å²) in [6.07, 6.45) is 0.904. The molecule has 2 nitrogen and oxygen atoms in total. The SMILES string of the molecule is Cc1ccc2c(c1)OC(C)(C)C[C@@]2(C)c1ccc(O)cc1. The Kier molecular flexibility index (Phi) is 3.01. The molecule has 2 heteroatoms. The summed E-state index contributed by atoms with van der Waals surface area (Å²) in [5.41, 5.74) is 3.31. The summed E-state index contributed by atoms with van der Waals surface area (Å²) in [6, 6.07) is 14.0. The molecule has 1 aliphatic heterocycles. The molecule has 1 aliphatic rings. The van der Waals surface area contributed by atoms with Gasteiger partial charge in [-0.1, -0.05) is 31.2 Å². The predicted octanol–water partition coefficient (Wildman–Crippen LogP) is 4.57. The van der Waals surface area contributed by atoms with Gasteiger partial charge in [0.15, 0.2) is 0 Å². The van der Waals surface area contributed by atoms with Crippen molar-refractivity contribution in [3.8, 4) is 11.5 Å². The number of hydrogen-bond acceptors (Lipinski definition) is 2. The standard InChI is InChI=1S/C19H22O2/c1-13-5-10-16-17(11-13)21-18(2,3)12-19(16,4)14-6-8-15(20)9-7-14/h5-11,20H,12H2,1-4H3/t19-/m0/s1. The Morgan fingerprint density at radius 1 is 1.00 bits per heavy atom. The maximum absolute atomic E-state index is 9.55. The van der Waals surface area contributed by atoms with Gasteiger partial charge in [0.05, 0.1) is 0 Å². The molecule has 0 unspecified atom stereocenters. The van der Waals surface area contributed by atoms with E-state index in [-0.39, 0.29) is 11.0 Å². The van der Waals surface area contributed by atoms with Crippen LogP contribution in [0.15, 0.2) is 42.5 Å². The Morgan fingerprint density at radius 2 is 1.67 bits per heavy atom. The molecule has 0 aliphatic carbocycles. The highest BCUT2D eigenvalue weighted by Crippen LogP contribution is 2.48. The highest BCUT2D eigenvalue weighted by atomic mass is 16.5. The summed E-state index contributed by atoms with van der Waals surface area (Å²) < 4.78 is 6.19. The third-order valence-electron chi connectivity index (χ3n) is 4.40. The van der Waals surface area contributed by atoms with Crippen LogP contribution >= 0.6 is 0 Å². The van der Waals surface area contributed by atoms with Crippen molar-refractivity contribution in [1.29, 1.82) is 0 Å². The van der Waals surface area contributed by atoms with Crippen LogP contribution in [0, 0.1) is 6.92 Å². The number of aromatic hydroxyl groups is 1.